The molecule has 0 radical (unpaired) electrons. The Hall–Kier alpha value is -2.62. The minimum absolute atomic E-state index is 0.135. The van der Waals surface area contributed by atoms with Crippen molar-refractivity contribution in [3.05, 3.63) is 88.2 Å². The van der Waals surface area contributed by atoms with E-state index in [0.717, 1.165) is 27.5 Å². The van der Waals surface area contributed by atoms with Crippen molar-refractivity contribution >= 4 is 86.0 Å². The van der Waals surface area contributed by atoms with E-state index in [9.17, 15) is 4.79 Å². The Bertz CT molecular complexity index is 1350. The summed E-state index contributed by atoms with van der Waals surface area (Å²) in [7, 11) is 0. The van der Waals surface area contributed by atoms with Crippen LogP contribution in [0.1, 0.15) is 6.92 Å². The van der Waals surface area contributed by atoms with Gasteiger partial charge in [0.25, 0.3) is 0 Å². The molecule has 4 aromatic rings. The van der Waals surface area contributed by atoms with Gasteiger partial charge in [-0.2, -0.15) is 0 Å². The maximum Gasteiger partial charge on any atom is 0.239 e. The third kappa shape index (κ3) is 7.19. The number of benzene rings is 3. The van der Waals surface area contributed by atoms with Gasteiger partial charge in [0.05, 0.1) is 21.0 Å². The van der Waals surface area contributed by atoms with Crippen molar-refractivity contribution in [2.24, 2.45) is 0 Å². The smallest absolute Gasteiger partial charge is 0.239 e. The zero-order valence-electron chi connectivity index (χ0n) is 18.4. The molecule has 1 unspecified atom stereocenters. The van der Waals surface area contributed by atoms with Crippen LogP contribution < -0.4 is 16.0 Å². The summed E-state index contributed by atoms with van der Waals surface area (Å²) in [5.41, 5.74) is 3.30. The van der Waals surface area contributed by atoms with Crippen molar-refractivity contribution < 1.29 is 4.79 Å². The molecule has 4 rings (SSSR count). The predicted octanol–water partition coefficient (Wildman–Crippen LogP) is 8.05. The van der Waals surface area contributed by atoms with Crippen LogP contribution in [0.5, 0.6) is 0 Å². The van der Waals surface area contributed by atoms with Crippen molar-refractivity contribution in [1.82, 2.24) is 4.98 Å². The number of carbonyl (C=O) groups excluding carboxylic acids is 1. The minimum atomic E-state index is -0.336. The van der Waals surface area contributed by atoms with Crippen LogP contribution in [0.25, 0.3) is 11.3 Å². The largest absolute Gasteiger partial charge is 0.332 e. The molecule has 1 atom stereocenters. The van der Waals surface area contributed by atoms with Gasteiger partial charge in [0, 0.05) is 27.2 Å². The molecular formula is C25H20Cl2N4OS3. The summed E-state index contributed by atoms with van der Waals surface area (Å²) in [6, 6.07) is 22.8. The highest BCUT2D eigenvalue weighted by atomic mass is 35.5. The van der Waals surface area contributed by atoms with Gasteiger partial charge in [0.15, 0.2) is 10.2 Å². The fraction of sp³-hybridized carbons (Fsp3) is 0.0800. The number of hydrogen-bond acceptors (Lipinski definition) is 5. The molecule has 5 nitrogen and oxygen atoms in total. The number of nitrogens with zero attached hydrogens (tertiary/aromatic N) is 1. The molecule has 3 aromatic carbocycles. The zero-order chi connectivity index (χ0) is 24.8. The summed E-state index contributed by atoms with van der Waals surface area (Å²) in [6.45, 7) is 1.86. The van der Waals surface area contributed by atoms with Crippen LogP contribution in [0.3, 0.4) is 0 Å². The van der Waals surface area contributed by atoms with Crippen LogP contribution in [-0.4, -0.2) is 21.3 Å². The number of amides is 1. The maximum absolute atomic E-state index is 12.8. The van der Waals surface area contributed by atoms with Crippen LogP contribution >= 0.6 is 58.5 Å². The quantitative estimate of drug-likeness (QED) is 0.157. The molecule has 178 valence electrons. The van der Waals surface area contributed by atoms with E-state index in [1.165, 1.54) is 23.1 Å². The molecule has 0 aliphatic heterocycles. The van der Waals surface area contributed by atoms with Crippen molar-refractivity contribution in [3.8, 4) is 11.3 Å². The highest BCUT2D eigenvalue weighted by molar-refractivity contribution is 8.00. The summed E-state index contributed by atoms with van der Waals surface area (Å²) >= 11 is 20.3. The summed E-state index contributed by atoms with van der Waals surface area (Å²) in [5.74, 6) is -0.135. The Morgan fingerprint density at radius 3 is 2.46 bits per heavy atom. The first-order valence-electron chi connectivity index (χ1n) is 10.5. The molecule has 1 heterocycles. The molecule has 0 fully saturated rings. The van der Waals surface area contributed by atoms with E-state index in [-0.39, 0.29) is 11.2 Å². The number of para-hydroxylation sites is 1. The molecule has 0 saturated carbocycles. The minimum Gasteiger partial charge on any atom is -0.332 e. The number of thiocarbonyl (C=S) groups is 1. The Morgan fingerprint density at radius 2 is 1.69 bits per heavy atom. The Balaban J connectivity index is 1.33. The summed E-state index contributed by atoms with van der Waals surface area (Å²) in [4.78, 5) is 18.2. The molecule has 0 spiro atoms. The number of thiazole rings is 1. The summed E-state index contributed by atoms with van der Waals surface area (Å²) in [6.07, 6.45) is 0. The number of carbonyl (C=O) groups is 1. The number of rotatable bonds is 7. The average Bonchev–Trinajstić information content (AvgIpc) is 3.30. The topological polar surface area (TPSA) is 66.0 Å². The number of nitrogens with one attached hydrogen (secondary N) is 3. The van der Waals surface area contributed by atoms with E-state index in [0.29, 0.717) is 20.3 Å². The number of anilines is 3. The molecule has 1 aromatic heterocycles. The molecular weight excluding hydrogens is 539 g/mol. The van der Waals surface area contributed by atoms with Gasteiger partial charge in [-0.15, -0.1) is 23.1 Å². The van der Waals surface area contributed by atoms with E-state index in [2.05, 4.69) is 20.9 Å². The van der Waals surface area contributed by atoms with Crippen LogP contribution in [0.2, 0.25) is 10.0 Å². The number of hydrogen-bond donors (Lipinski definition) is 3. The Labute approximate surface area is 227 Å². The summed E-state index contributed by atoms with van der Waals surface area (Å²) < 4.78 is 0. The van der Waals surface area contributed by atoms with Gasteiger partial charge in [0.1, 0.15) is 0 Å². The first-order chi connectivity index (χ1) is 16.9. The molecule has 3 N–H and O–H groups in total. The predicted molar refractivity (Wildman–Crippen MR) is 154 cm³/mol. The molecule has 35 heavy (non-hydrogen) atoms. The molecule has 10 heteroatoms. The normalized spacial score (nSPS) is 11.5. The Kier molecular flexibility index (Phi) is 8.64. The van der Waals surface area contributed by atoms with Crippen LogP contribution in [0, 0.1) is 0 Å². The summed E-state index contributed by atoms with van der Waals surface area (Å²) in [5, 5.41) is 12.7. The van der Waals surface area contributed by atoms with Gasteiger partial charge in [-0.25, -0.2) is 4.98 Å². The molecule has 0 aliphatic carbocycles. The van der Waals surface area contributed by atoms with Crippen molar-refractivity contribution in [3.63, 3.8) is 0 Å². The standard InChI is InChI=1S/C25H20Cl2N4OS3/c1-15(23(32)31-25-30-22(14-34-25)16-10-11-20(26)21(27)12-16)35-19-9-5-8-18(13-19)29-24(33)28-17-6-3-2-4-7-17/h2-15H,1H3,(H2,28,29,33)(H,30,31,32). The second kappa shape index (κ2) is 11.9. The van der Waals surface area contributed by atoms with Crippen LogP contribution in [0.4, 0.5) is 16.5 Å². The maximum atomic E-state index is 12.8. The molecule has 0 aliphatic rings. The van der Waals surface area contributed by atoms with E-state index in [1.807, 2.05) is 73.0 Å². The third-order valence-electron chi connectivity index (χ3n) is 4.76. The lowest BCUT2D eigenvalue weighted by Crippen LogP contribution is -2.22. The van der Waals surface area contributed by atoms with Crippen molar-refractivity contribution in [2.45, 2.75) is 17.1 Å². The van der Waals surface area contributed by atoms with Crippen molar-refractivity contribution in [1.29, 1.82) is 0 Å². The van der Waals surface area contributed by atoms with Crippen LogP contribution in [0.15, 0.2) is 83.1 Å². The fourth-order valence-corrected chi connectivity index (χ4v) is 5.23. The van der Waals surface area contributed by atoms with Gasteiger partial charge >= 0.3 is 0 Å². The third-order valence-corrected chi connectivity index (χ3v) is 7.55. The van der Waals surface area contributed by atoms with Crippen LogP contribution in [-0.2, 0) is 4.79 Å². The van der Waals surface area contributed by atoms with Gasteiger partial charge in [-0.05, 0) is 61.6 Å². The second-order valence-corrected chi connectivity index (χ2v) is 10.9. The second-order valence-electron chi connectivity index (χ2n) is 7.39. The lowest BCUT2D eigenvalue weighted by molar-refractivity contribution is -0.115. The van der Waals surface area contributed by atoms with E-state index >= 15 is 0 Å². The highest BCUT2D eigenvalue weighted by Gasteiger charge is 2.17. The average molecular weight is 560 g/mol. The lowest BCUT2D eigenvalue weighted by atomic mass is 10.2. The number of aromatic nitrogens is 1. The van der Waals surface area contributed by atoms with Gasteiger partial charge < -0.3 is 16.0 Å². The number of thioether (sulfide) groups is 1. The first-order valence-corrected chi connectivity index (χ1v) is 13.4. The van der Waals surface area contributed by atoms with E-state index < -0.39 is 0 Å². The molecule has 1 amide bonds. The van der Waals surface area contributed by atoms with E-state index in [1.54, 1.807) is 12.1 Å². The molecule has 0 bridgehead atoms. The zero-order valence-corrected chi connectivity index (χ0v) is 22.4. The highest BCUT2D eigenvalue weighted by Crippen LogP contribution is 2.31. The fourth-order valence-electron chi connectivity index (χ4n) is 3.05. The Morgan fingerprint density at radius 1 is 0.943 bits per heavy atom. The monoisotopic (exact) mass is 558 g/mol. The molecule has 0 saturated heterocycles. The van der Waals surface area contributed by atoms with Gasteiger partial charge in [-0.1, -0.05) is 53.5 Å². The first kappa shape index (κ1) is 25.5. The van der Waals surface area contributed by atoms with Crippen molar-refractivity contribution in [2.75, 3.05) is 16.0 Å². The van der Waals surface area contributed by atoms with E-state index in [4.69, 9.17) is 35.4 Å². The number of halogens is 2. The van der Waals surface area contributed by atoms with Gasteiger partial charge in [-0.3, -0.25) is 4.79 Å². The van der Waals surface area contributed by atoms with Gasteiger partial charge in [0.2, 0.25) is 5.91 Å². The lowest BCUT2D eigenvalue weighted by Gasteiger charge is -2.13. The SMILES string of the molecule is CC(Sc1cccc(NC(=S)Nc2ccccc2)c1)C(=O)Nc1nc(-c2ccc(Cl)c(Cl)c2)cs1.